The molecule has 1 amide bonds. The molecular weight excluding hydrogens is 365 g/mol. The van der Waals surface area contributed by atoms with Gasteiger partial charge in [0.25, 0.3) is 5.91 Å². The van der Waals surface area contributed by atoms with Crippen LogP contribution in [0.5, 0.6) is 5.75 Å². The number of carbonyl (C=O) groups excluding carboxylic acids is 1. The van der Waals surface area contributed by atoms with Crippen molar-refractivity contribution >= 4 is 29.1 Å². The van der Waals surface area contributed by atoms with E-state index in [4.69, 9.17) is 27.9 Å². The van der Waals surface area contributed by atoms with Crippen LogP contribution in [0.2, 0.25) is 10.0 Å². The Balaban J connectivity index is 1.56. The van der Waals surface area contributed by atoms with Crippen LogP contribution in [0.15, 0.2) is 42.9 Å². The van der Waals surface area contributed by atoms with E-state index in [1.54, 1.807) is 41.3 Å². The molecule has 0 atom stereocenters. The van der Waals surface area contributed by atoms with Gasteiger partial charge in [-0.15, -0.1) is 0 Å². The van der Waals surface area contributed by atoms with Crippen LogP contribution >= 0.6 is 23.2 Å². The largest absolute Gasteiger partial charge is 0.470 e. The maximum absolute atomic E-state index is 12.1. The van der Waals surface area contributed by atoms with Gasteiger partial charge in [0.15, 0.2) is 6.73 Å². The van der Waals surface area contributed by atoms with Crippen molar-refractivity contribution < 1.29 is 9.53 Å². The van der Waals surface area contributed by atoms with Gasteiger partial charge in [-0.1, -0.05) is 29.3 Å². The molecule has 0 aliphatic rings. The number of aryl methyl sites for hydroxylation is 1. The molecule has 1 aromatic carbocycles. The van der Waals surface area contributed by atoms with Gasteiger partial charge in [0.05, 0.1) is 11.2 Å². The lowest BCUT2D eigenvalue weighted by molar-refractivity contribution is 0.0944. The molecule has 0 aliphatic heterocycles. The minimum absolute atomic E-state index is 0.107. The lowest BCUT2D eigenvalue weighted by Crippen LogP contribution is -2.23. The zero-order valence-corrected chi connectivity index (χ0v) is 14.8. The van der Waals surface area contributed by atoms with Crippen molar-refractivity contribution in [2.45, 2.75) is 13.3 Å². The number of carbonyl (C=O) groups is 1. The first kappa shape index (κ1) is 17.3. The summed E-state index contributed by atoms with van der Waals surface area (Å²) in [6.45, 7) is 0.490. The molecule has 3 aromatic rings. The van der Waals surface area contributed by atoms with Gasteiger partial charge in [0.1, 0.15) is 16.5 Å². The van der Waals surface area contributed by atoms with Crippen LogP contribution in [0, 0.1) is 0 Å². The molecule has 7 nitrogen and oxygen atoms in total. The van der Waals surface area contributed by atoms with E-state index >= 15 is 0 Å². The Morgan fingerprint density at radius 3 is 2.92 bits per heavy atom. The minimum Gasteiger partial charge on any atom is -0.470 e. The van der Waals surface area contributed by atoms with Crippen LogP contribution in [0.3, 0.4) is 0 Å². The topological polar surface area (TPSA) is 74.0 Å². The summed E-state index contributed by atoms with van der Waals surface area (Å²) in [5.74, 6) is 0.177. The molecule has 0 saturated heterocycles. The third kappa shape index (κ3) is 4.32. The number of hydrogen-bond donors (Lipinski definition) is 1. The average molecular weight is 380 g/mol. The number of nitrogens with zero attached hydrogens (tertiary/aromatic N) is 4. The van der Waals surface area contributed by atoms with Crippen LogP contribution in [0.4, 0.5) is 0 Å². The normalized spacial score (nSPS) is 10.7. The second-order valence-corrected chi connectivity index (χ2v) is 6.06. The third-order valence-electron chi connectivity index (χ3n) is 3.35. The summed E-state index contributed by atoms with van der Waals surface area (Å²) >= 11 is 12.0. The Morgan fingerprint density at radius 1 is 1.32 bits per heavy atom. The van der Waals surface area contributed by atoms with E-state index in [9.17, 15) is 4.79 Å². The highest BCUT2D eigenvalue weighted by atomic mass is 35.5. The van der Waals surface area contributed by atoms with E-state index in [0.29, 0.717) is 28.0 Å². The lowest BCUT2D eigenvalue weighted by Gasteiger charge is -2.08. The van der Waals surface area contributed by atoms with Gasteiger partial charge in [0, 0.05) is 31.5 Å². The molecule has 1 N–H and O–H groups in total. The number of rotatable bonds is 6. The van der Waals surface area contributed by atoms with E-state index in [2.05, 4.69) is 15.5 Å². The maximum atomic E-state index is 12.1. The van der Waals surface area contributed by atoms with E-state index in [-0.39, 0.29) is 12.6 Å². The SMILES string of the molecule is Cn1cc(CNC(=O)c2ccn(COc3cccc(Cl)c3Cl)n2)cn1. The molecule has 2 heterocycles. The van der Waals surface area contributed by atoms with Gasteiger partial charge in [-0.25, -0.2) is 4.68 Å². The van der Waals surface area contributed by atoms with Crippen molar-refractivity contribution in [1.29, 1.82) is 0 Å². The molecule has 0 bridgehead atoms. The Morgan fingerprint density at radius 2 is 2.16 bits per heavy atom. The molecule has 0 aliphatic carbocycles. The lowest BCUT2D eigenvalue weighted by atomic mass is 10.3. The van der Waals surface area contributed by atoms with E-state index in [1.165, 1.54) is 4.68 Å². The second kappa shape index (κ2) is 7.58. The molecule has 2 aromatic heterocycles. The molecule has 9 heteroatoms. The molecule has 0 saturated carbocycles. The van der Waals surface area contributed by atoms with Crippen LogP contribution in [-0.2, 0) is 20.3 Å². The van der Waals surface area contributed by atoms with Crippen molar-refractivity contribution in [2.24, 2.45) is 7.05 Å². The first-order valence-corrected chi connectivity index (χ1v) is 8.14. The van der Waals surface area contributed by atoms with Crippen LogP contribution in [0.25, 0.3) is 0 Å². The van der Waals surface area contributed by atoms with Crippen LogP contribution < -0.4 is 10.1 Å². The number of amides is 1. The fourth-order valence-corrected chi connectivity index (χ4v) is 2.47. The molecule has 0 unspecified atom stereocenters. The Bertz CT molecular complexity index is 890. The van der Waals surface area contributed by atoms with E-state index in [0.717, 1.165) is 5.56 Å². The molecule has 0 spiro atoms. The van der Waals surface area contributed by atoms with E-state index in [1.807, 2.05) is 13.2 Å². The highest BCUT2D eigenvalue weighted by Gasteiger charge is 2.11. The van der Waals surface area contributed by atoms with Gasteiger partial charge in [-0.05, 0) is 18.2 Å². The van der Waals surface area contributed by atoms with Gasteiger partial charge in [-0.3, -0.25) is 9.48 Å². The van der Waals surface area contributed by atoms with Crippen molar-refractivity contribution in [1.82, 2.24) is 24.9 Å². The Kier molecular flexibility index (Phi) is 5.25. The summed E-state index contributed by atoms with van der Waals surface area (Å²) in [6.07, 6.45) is 5.18. The number of ether oxygens (including phenoxy) is 1. The van der Waals surface area contributed by atoms with Gasteiger partial charge in [0.2, 0.25) is 0 Å². The summed E-state index contributed by atoms with van der Waals surface area (Å²) in [6, 6.07) is 6.74. The molecule has 130 valence electrons. The fraction of sp³-hybridized carbons (Fsp3) is 0.188. The zero-order valence-electron chi connectivity index (χ0n) is 13.3. The summed E-state index contributed by atoms with van der Waals surface area (Å²) in [5, 5.41) is 11.8. The first-order chi connectivity index (χ1) is 12.0. The van der Waals surface area contributed by atoms with E-state index < -0.39 is 0 Å². The zero-order chi connectivity index (χ0) is 17.8. The number of aromatic nitrogens is 4. The first-order valence-electron chi connectivity index (χ1n) is 7.39. The smallest absolute Gasteiger partial charge is 0.272 e. The Hall–Kier alpha value is -2.51. The molecule has 25 heavy (non-hydrogen) atoms. The minimum atomic E-state index is -0.275. The highest BCUT2D eigenvalue weighted by Crippen LogP contribution is 2.31. The third-order valence-corrected chi connectivity index (χ3v) is 4.15. The summed E-state index contributed by atoms with van der Waals surface area (Å²) in [5.41, 5.74) is 1.21. The number of halogens is 2. The van der Waals surface area contributed by atoms with Gasteiger partial charge >= 0.3 is 0 Å². The predicted octanol–water partition coefficient (Wildman–Crippen LogP) is 2.89. The van der Waals surface area contributed by atoms with Crippen molar-refractivity contribution in [3.63, 3.8) is 0 Å². The number of nitrogens with one attached hydrogen (secondary N) is 1. The monoisotopic (exact) mass is 379 g/mol. The van der Waals surface area contributed by atoms with Crippen molar-refractivity contribution in [2.75, 3.05) is 0 Å². The average Bonchev–Trinajstić information content (AvgIpc) is 3.23. The molecule has 0 fully saturated rings. The van der Waals surface area contributed by atoms with Crippen molar-refractivity contribution in [3.05, 3.63) is 64.2 Å². The predicted molar refractivity (Wildman–Crippen MR) is 93.7 cm³/mol. The summed E-state index contributed by atoms with van der Waals surface area (Å²) < 4.78 is 8.74. The highest BCUT2D eigenvalue weighted by molar-refractivity contribution is 6.42. The van der Waals surface area contributed by atoms with Gasteiger partial charge in [-0.2, -0.15) is 10.2 Å². The summed E-state index contributed by atoms with van der Waals surface area (Å²) in [4.78, 5) is 12.1. The Labute approximate surface area is 154 Å². The fourth-order valence-electron chi connectivity index (χ4n) is 2.12. The standard InChI is InChI=1S/C16H15Cl2N5O2/c1-22-9-11(8-20-22)7-19-16(24)13-5-6-23(21-13)10-25-14-4-2-3-12(17)15(14)18/h2-6,8-9H,7,10H2,1H3,(H,19,24). The van der Waals surface area contributed by atoms with Crippen molar-refractivity contribution in [3.8, 4) is 5.75 Å². The quantitative estimate of drug-likeness (QED) is 0.714. The second-order valence-electron chi connectivity index (χ2n) is 5.27. The number of hydrogen-bond acceptors (Lipinski definition) is 4. The van der Waals surface area contributed by atoms with Crippen LogP contribution in [-0.4, -0.2) is 25.5 Å². The maximum Gasteiger partial charge on any atom is 0.272 e. The molecule has 0 radical (unpaired) electrons. The van der Waals surface area contributed by atoms with Crippen LogP contribution in [0.1, 0.15) is 16.1 Å². The molecular formula is C16H15Cl2N5O2. The number of benzene rings is 1. The van der Waals surface area contributed by atoms with Gasteiger partial charge < -0.3 is 10.1 Å². The summed E-state index contributed by atoms with van der Waals surface area (Å²) in [7, 11) is 1.82. The molecule has 3 rings (SSSR count).